The number of carbonyl (C=O) groups excluding carboxylic acids is 3. The van der Waals surface area contributed by atoms with E-state index in [0.29, 0.717) is 12.8 Å². The quantitative estimate of drug-likeness (QED) is 0.142. The zero-order chi connectivity index (χ0) is 53.2. The van der Waals surface area contributed by atoms with Gasteiger partial charge in [0.1, 0.15) is 12.2 Å². The molecule has 0 bridgehead atoms. The Morgan fingerprint density at radius 2 is 1.29 bits per heavy atom. The summed E-state index contributed by atoms with van der Waals surface area (Å²) in [6.45, 7) is 2.78. The molecule has 0 aliphatic carbocycles. The van der Waals surface area contributed by atoms with Crippen LogP contribution in [0.4, 0.5) is 0 Å². The first-order chi connectivity index (χ1) is 34.3. The number of primary amides is 1. The molecule has 0 spiro atoms. The van der Waals surface area contributed by atoms with Crippen molar-refractivity contribution in [1.82, 2.24) is 4.90 Å². The number of carbonyl (C=O) groups is 3. The number of ether oxygens (including phenoxy) is 4. The van der Waals surface area contributed by atoms with Crippen LogP contribution in [0.15, 0.2) is 85.1 Å². The Hall–Kier alpha value is -3.97. The molecule has 0 saturated carbocycles. The van der Waals surface area contributed by atoms with Crippen LogP contribution < -0.4 is 11.5 Å². The fourth-order valence-corrected chi connectivity index (χ4v) is 8.55. The molecule has 0 aromatic heterocycles. The van der Waals surface area contributed by atoms with Crippen molar-refractivity contribution in [3.63, 3.8) is 0 Å². The number of hydrogen-bond donors (Lipinski definition) is 12. The van der Waals surface area contributed by atoms with Gasteiger partial charge in [0.25, 0.3) is 0 Å². The Bertz CT molecular complexity index is 1800. The average molecular weight is 1020 g/mol. The Labute approximate surface area is 423 Å². The number of allylic oxidation sites excluding steroid dienone is 12. The third-order valence-corrected chi connectivity index (χ3v) is 13.0. The topological polar surface area (TPSA) is 346 Å². The number of piperidine rings is 1. The molecule has 3 aliphatic rings. The van der Waals surface area contributed by atoms with Crippen LogP contribution in [-0.4, -0.2) is 192 Å². The highest BCUT2D eigenvalue weighted by atomic mass is 16.7. The van der Waals surface area contributed by atoms with Crippen LogP contribution in [0.5, 0.6) is 0 Å². The Morgan fingerprint density at radius 3 is 1.89 bits per heavy atom. The Kier molecular flexibility index (Phi) is 29.2. The van der Waals surface area contributed by atoms with Crippen molar-refractivity contribution in [3.8, 4) is 0 Å². The number of cyclic esters (lactones) is 1. The monoisotopic (exact) mass is 1020 g/mol. The van der Waals surface area contributed by atoms with Gasteiger partial charge in [-0.15, -0.1) is 0 Å². The number of likely N-dealkylation sites (tertiary alicyclic amines) is 1. The van der Waals surface area contributed by atoms with Crippen molar-refractivity contribution in [1.29, 1.82) is 0 Å². The van der Waals surface area contributed by atoms with Crippen LogP contribution in [0.3, 0.4) is 0 Å². The van der Waals surface area contributed by atoms with E-state index in [1.165, 1.54) is 4.90 Å². The van der Waals surface area contributed by atoms with Gasteiger partial charge in [-0.25, -0.2) is 0 Å². The molecule has 3 rings (SSSR count). The molecule has 2 fully saturated rings. The summed E-state index contributed by atoms with van der Waals surface area (Å²) in [6.07, 6.45) is 8.12. The average Bonchev–Trinajstić information content (AvgIpc) is 3.32. The maximum atomic E-state index is 14.4. The molecule has 14 N–H and O–H groups in total. The SMILES string of the molecule is C[C@H]1C[C@H](O)[C@@H](C)/C=C/C=C/C=C/C=C/C=C/C=C/C=C/C(O[C@@H]2OC[C@@H](O)[C@H](N)[C@@H]2O)C[C@@H]([C@H](C(=O)N2CCC(C(N)=O)CC2)[C@@H](O)CCO)OCCC(O)CC(O)C(O)CCC(O)C[C@@H](O)CC(=O)O1. The first-order valence-electron chi connectivity index (χ1n) is 25.1. The van der Waals surface area contributed by atoms with Gasteiger partial charge in [0.05, 0.1) is 86.0 Å². The van der Waals surface area contributed by atoms with Crippen molar-refractivity contribution in [3.05, 3.63) is 85.1 Å². The number of hydrogen-bond acceptors (Lipinski definition) is 18. The molecule has 16 atom stereocenters. The maximum absolute atomic E-state index is 14.4. The van der Waals surface area contributed by atoms with Crippen molar-refractivity contribution >= 4 is 17.8 Å². The summed E-state index contributed by atoms with van der Waals surface area (Å²) in [6, 6.07) is -1.12. The van der Waals surface area contributed by atoms with E-state index in [1.807, 2.05) is 37.3 Å². The highest BCUT2D eigenvalue weighted by Gasteiger charge is 2.43. The minimum absolute atomic E-state index is 0.0623. The molecule has 408 valence electrons. The van der Waals surface area contributed by atoms with Gasteiger partial charge < -0.3 is 86.4 Å². The number of aliphatic hydroxyl groups excluding tert-OH is 10. The predicted octanol–water partition coefficient (Wildman–Crippen LogP) is 0.00660. The summed E-state index contributed by atoms with van der Waals surface area (Å²) >= 11 is 0. The van der Waals surface area contributed by atoms with Gasteiger partial charge in [0.2, 0.25) is 11.8 Å². The number of amides is 2. The van der Waals surface area contributed by atoms with Gasteiger partial charge in [0.15, 0.2) is 6.29 Å². The van der Waals surface area contributed by atoms with Crippen molar-refractivity contribution in [2.24, 2.45) is 29.2 Å². The zero-order valence-electron chi connectivity index (χ0n) is 41.6. The van der Waals surface area contributed by atoms with Crippen LogP contribution in [0.25, 0.3) is 0 Å². The molecule has 0 aromatic rings. The van der Waals surface area contributed by atoms with E-state index >= 15 is 0 Å². The standard InChI is InChI=1S/C52H83N3O17/c1-33-15-13-11-9-7-5-3-4-6-8-10-12-14-16-39(72-52-49(66)48(53)44(64)32-70-52)31-45(47(41(61)21-25-56)51(68)55-23-19-35(20-24-55)50(54)67)69-26-22-37(58)29-43(63)40(60)18-17-36(57)28-38(59)30-46(65)71-34(2)27-42(33)62/h3-16,33-45,47-49,52,56-64,66H,17-32,53H2,1-2H3,(H2,54,67)/b4-3+,7-5+,8-6+,11-9+,12-10+,15-13+,16-14+/t33-,34-,36?,37?,38+,39?,40?,41-,42-,43?,44+,45-,47+,48-,49-,52-/m0/s1. The number of nitrogens with two attached hydrogens (primary N) is 2. The van der Waals surface area contributed by atoms with Crippen molar-refractivity contribution < 1.29 is 84.4 Å². The van der Waals surface area contributed by atoms with Crippen LogP contribution in [0.1, 0.15) is 84.5 Å². The molecule has 5 unspecified atom stereocenters. The molecule has 0 radical (unpaired) electrons. The lowest BCUT2D eigenvalue weighted by Crippen LogP contribution is -2.58. The fourth-order valence-electron chi connectivity index (χ4n) is 8.55. The van der Waals surface area contributed by atoms with Crippen molar-refractivity contribution in [2.75, 3.05) is 32.9 Å². The third kappa shape index (κ3) is 23.1. The normalized spacial score (nSPS) is 37.7. The number of aliphatic hydroxyl groups is 10. The lowest BCUT2D eigenvalue weighted by molar-refractivity contribution is -0.255. The number of esters is 1. The molecule has 72 heavy (non-hydrogen) atoms. The maximum Gasteiger partial charge on any atom is 0.308 e. The minimum atomic E-state index is -1.47. The highest BCUT2D eigenvalue weighted by Crippen LogP contribution is 2.29. The second-order valence-electron chi connectivity index (χ2n) is 19.1. The molecule has 3 aliphatic heterocycles. The largest absolute Gasteiger partial charge is 0.462 e. The molecule has 20 nitrogen and oxygen atoms in total. The van der Waals surface area contributed by atoms with Crippen LogP contribution >= 0.6 is 0 Å². The molecule has 20 heteroatoms. The van der Waals surface area contributed by atoms with Gasteiger partial charge in [0, 0.05) is 57.4 Å². The molecular formula is C52H83N3O17. The zero-order valence-corrected chi connectivity index (χ0v) is 41.6. The number of rotatable bonds is 8. The number of nitrogens with zero attached hydrogens (tertiary/aromatic N) is 1. The first kappa shape index (κ1) is 62.3. The van der Waals surface area contributed by atoms with E-state index in [-0.39, 0.29) is 83.6 Å². The summed E-state index contributed by atoms with van der Waals surface area (Å²) in [5, 5.41) is 107. The van der Waals surface area contributed by atoms with Gasteiger partial charge in [-0.2, -0.15) is 0 Å². The van der Waals surface area contributed by atoms with E-state index in [1.54, 1.807) is 61.6 Å². The predicted molar refractivity (Wildman–Crippen MR) is 266 cm³/mol. The molecular weight excluding hydrogens is 939 g/mol. The summed E-state index contributed by atoms with van der Waals surface area (Å²) in [5.41, 5.74) is 11.6. The Morgan fingerprint density at radius 1 is 0.708 bits per heavy atom. The summed E-state index contributed by atoms with van der Waals surface area (Å²) < 4.78 is 23.6. The van der Waals surface area contributed by atoms with Gasteiger partial charge >= 0.3 is 5.97 Å². The van der Waals surface area contributed by atoms with Gasteiger partial charge in [-0.3, -0.25) is 14.4 Å². The van der Waals surface area contributed by atoms with Gasteiger partial charge in [-0.05, 0) is 51.9 Å². The van der Waals surface area contributed by atoms with E-state index in [9.17, 15) is 65.4 Å². The summed E-state index contributed by atoms with van der Waals surface area (Å²) in [7, 11) is 0. The molecule has 0 aromatic carbocycles. The van der Waals surface area contributed by atoms with E-state index in [0.717, 1.165) is 0 Å². The molecule has 3 heterocycles. The lowest BCUT2D eigenvalue weighted by atomic mass is 9.87. The smallest absolute Gasteiger partial charge is 0.308 e. The van der Waals surface area contributed by atoms with Crippen molar-refractivity contribution in [2.45, 2.75) is 170 Å². The molecule has 2 saturated heterocycles. The lowest BCUT2D eigenvalue weighted by Gasteiger charge is -2.39. The highest BCUT2D eigenvalue weighted by molar-refractivity contribution is 5.81. The first-order valence-corrected chi connectivity index (χ1v) is 25.1. The molecule has 2 amide bonds. The van der Waals surface area contributed by atoms with Gasteiger partial charge in [-0.1, -0.05) is 92.0 Å². The van der Waals surface area contributed by atoms with Crippen LogP contribution in [0.2, 0.25) is 0 Å². The van der Waals surface area contributed by atoms with E-state index < -0.39 is 128 Å². The second-order valence-corrected chi connectivity index (χ2v) is 19.1. The van der Waals surface area contributed by atoms with Crippen LogP contribution in [-0.2, 0) is 33.3 Å². The Balaban J connectivity index is 1.94. The summed E-state index contributed by atoms with van der Waals surface area (Å²) in [5.74, 6) is -3.78. The minimum Gasteiger partial charge on any atom is -0.462 e. The van der Waals surface area contributed by atoms with Crippen LogP contribution in [0, 0.1) is 17.8 Å². The van der Waals surface area contributed by atoms with E-state index in [2.05, 4.69) is 0 Å². The summed E-state index contributed by atoms with van der Waals surface area (Å²) in [4.78, 5) is 40.4. The fraction of sp³-hybridized carbons (Fsp3) is 0.673. The second kappa shape index (κ2) is 33.8. The third-order valence-electron chi connectivity index (χ3n) is 13.0. The van der Waals surface area contributed by atoms with E-state index in [4.69, 9.17) is 30.4 Å².